The van der Waals surface area contributed by atoms with Gasteiger partial charge in [0.25, 0.3) is 0 Å². The van der Waals surface area contributed by atoms with Gasteiger partial charge in [0.1, 0.15) is 5.60 Å². The van der Waals surface area contributed by atoms with E-state index in [-0.39, 0.29) is 19.2 Å². The molecule has 1 unspecified atom stereocenters. The van der Waals surface area contributed by atoms with Crippen LogP contribution in [0.15, 0.2) is 11.8 Å². The Balaban J connectivity index is 0.000000267. The second kappa shape index (κ2) is 14.3. The average molecular weight is 559 g/mol. The zero-order valence-electron chi connectivity index (χ0n) is 23.9. The highest BCUT2D eigenvalue weighted by Gasteiger charge is 2.51. The Morgan fingerprint density at radius 1 is 0.846 bits per heavy atom. The molecule has 10 nitrogen and oxygen atoms in total. The molecule has 4 rings (SSSR count). The minimum absolute atomic E-state index is 0. The highest BCUT2D eigenvalue weighted by Crippen LogP contribution is 2.41. The van der Waals surface area contributed by atoms with Crippen molar-refractivity contribution in [2.45, 2.75) is 123 Å². The summed E-state index contributed by atoms with van der Waals surface area (Å²) in [5.74, 6) is -2.06. The molecular formula is C29H50O10. The highest BCUT2D eigenvalue weighted by atomic mass is 16.7. The Labute approximate surface area is 233 Å². The van der Waals surface area contributed by atoms with Gasteiger partial charge in [-0.3, -0.25) is 0 Å². The third-order valence-electron chi connectivity index (χ3n) is 6.59. The van der Waals surface area contributed by atoms with Crippen molar-refractivity contribution in [1.82, 2.24) is 0 Å². The molecule has 3 saturated heterocycles. The van der Waals surface area contributed by atoms with Crippen LogP contribution in [-0.2, 0) is 47.5 Å². The molecule has 10 heteroatoms. The molecular weight excluding hydrogens is 508 g/mol. The van der Waals surface area contributed by atoms with Gasteiger partial charge in [-0.25, -0.2) is 9.59 Å². The van der Waals surface area contributed by atoms with Crippen molar-refractivity contribution in [3.05, 3.63) is 11.8 Å². The zero-order chi connectivity index (χ0) is 27.9. The van der Waals surface area contributed by atoms with Crippen LogP contribution in [0.5, 0.6) is 0 Å². The first-order chi connectivity index (χ1) is 17.9. The third kappa shape index (κ3) is 9.70. The van der Waals surface area contributed by atoms with E-state index in [4.69, 9.17) is 37.9 Å². The average Bonchev–Trinajstić information content (AvgIpc) is 3.46. The molecule has 2 spiro atoms. The molecule has 4 heterocycles. The van der Waals surface area contributed by atoms with E-state index in [1.54, 1.807) is 6.08 Å². The van der Waals surface area contributed by atoms with Crippen molar-refractivity contribution in [2.75, 3.05) is 39.6 Å². The van der Waals surface area contributed by atoms with E-state index in [1.807, 2.05) is 34.6 Å². The highest BCUT2D eigenvalue weighted by molar-refractivity contribution is 5.86. The van der Waals surface area contributed by atoms with Crippen LogP contribution < -0.4 is 0 Å². The van der Waals surface area contributed by atoms with Gasteiger partial charge in [0.2, 0.25) is 5.76 Å². The molecule has 4 aliphatic rings. The number of esters is 2. The van der Waals surface area contributed by atoms with Gasteiger partial charge < -0.3 is 37.9 Å². The number of carbonyl (C=O) groups excluding carboxylic acids is 2. The first-order valence-corrected chi connectivity index (χ1v) is 13.9. The summed E-state index contributed by atoms with van der Waals surface area (Å²) < 4.78 is 44.6. The van der Waals surface area contributed by atoms with E-state index < -0.39 is 34.8 Å². The molecule has 1 atom stereocenters. The molecule has 0 aromatic rings. The summed E-state index contributed by atoms with van der Waals surface area (Å²) in [4.78, 5) is 24.0. The van der Waals surface area contributed by atoms with E-state index in [0.717, 1.165) is 25.7 Å². The van der Waals surface area contributed by atoms with E-state index in [0.29, 0.717) is 58.9 Å². The maximum absolute atomic E-state index is 12.0. The maximum atomic E-state index is 12.0. The van der Waals surface area contributed by atoms with Crippen LogP contribution in [0.3, 0.4) is 0 Å². The number of hydrogen-bond donors (Lipinski definition) is 0. The summed E-state index contributed by atoms with van der Waals surface area (Å²) in [6, 6.07) is 0. The molecule has 39 heavy (non-hydrogen) atoms. The smallest absolute Gasteiger partial charge is 0.373 e. The largest absolute Gasteiger partial charge is 0.480 e. The maximum Gasteiger partial charge on any atom is 0.373 e. The fourth-order valence-electron chi connectivity index (χ4n) is 5.07. The molecule has 4 aliphatic heterocycles. The van der Waals surface area contributed by atoms with Crippen molar-refractivity contribution >= 4 is 11.9 Å². The summed E-state index contributed by atoms with van der Waals surface area (Å²) in [6.07, 6.45) is 6.33. The first-order valence-electron chi connectivity index (χ1n) is 13.9. The summed E-state index contributed by atoms with van der Waals surface area (Å²) in [6.45, 7) is 14.9. The predicted molar refractivity (Wildman–Crippen MR) is 144 cm³/mol. The van der Waals surface area contributed by atoms with E-state index in [9.17, 15) is 9.59 Å². The second-order valence-electron chi connectivity index (χ2n) is 11.4. The van der Waals surface area contributed by atoms with Crippen LogP contribution in [0, 0.1) is 0 Å². The Morgan fingerprint density at radius 2 is 1.41 bits per heavy atom. The number of hydrogen-bond acceptors (Lipinski definition) is 10. The van der Waals surface area contributed by atoms with Crippen LogP contribution in [0.25, 0.3) is 0 Å². The first kappa shape index (κ1) is 33.5. The van der Waals surface area contributed by atoms with Gasteiger partial charge in [-0.2, -0.15) is 0 Å². The molecule has 0 aromatic carbocycles. The summed E-state index contributed by atoms with van der Waals surface area (Å²) in [5, 5.41) is 0. The second-order valence-corrected chi connectivity index (χ2v) is 11.4. The Hall–Kier alpha value is -1.72. The van der Waals surface area contributed by atoms with Gasteiger partial charge in [-0.1, -0.05) is 34.1 Å². The summed E-state index contributed by atoms with van der Waals surface area (Å²) in [5.41, 5.74) is -0.963. The predicted octanol–water partition coefficient (Wildman–Crippen LogP) is 4.82. The van der Waals surface area contributed by atoms with E-state index in [2.05, 4.69) is 6.92 Å². The van der Waals surface area contributed by atoms with Crippen LogP contribution >= 0.6 is 0 Å². The van der Waals surface area contributed by atoms with Crippen LogP contribution in [0.2, 0.25) is 0 Å². The van der Waals surface area contributed by atoms with Crippen molar-refractivity contribution in [3.8, 4) is 0 Å². The molecule has 226 valence electrons. The van der Waals surface area contributed by atoms with Gasteiger partial charge in [-0.15, -0.1) is 0 Å². The SMILES string of the molecule is C.CCCCOC(=O)C1=CC2(CC(C)(C)O1)OCCO2.CCCCOC(=O)C1CC2(CC(C)(C)O1)OCCO2. The lowest BCUT2D eigenvalue weighted by Crippen LogP contribution is -2.53. The van der Waals surface area contributed by atoms with Crippen LogP contribution in [0.1, 0.15) is 93.9 Å². The summed E-state index contributed by atoms with van der Waals surface area (Å²) >= 11 is 0. The minimum Gasteiger partial charge on any atom is -0.480 e. The monoisotopic (exact) mass is 558 g/mol. The standard InChI is InChI=1S/C14H24O5.C14H22O5.CH4/c2*1-4-5-6-16-12(15)11-9-14(17-7-8-18-14)10-13(2,3)19-11;/h11H,4-10H2,1-3H3;9H,4-8,10H2,1-3H3;1H4. The molecule has 0 aliphatic carbocycles. The lowest BCUT2D eigenvalue weighted by atomic mass is 9.89. The van der Waals surface area contributed by atoms with Gasteiger partial charge in [0.15, 0.2) is 17.7 Å². The molecule has 0 amide bonds. The van der Waals surface area contributed by atoms with Crippen molar-refractivity contribution in [2.24, 2.45) is 0 Å². The van der Waals surface area contributed by atoms with Gasteiger partial charge in [0, 0.05) is 25.3 Å². The topological polar surface area (TPSA) is 108 Å². The third-order valence-corrected chi connectivity index (χ3v) is 6.59. The number of ether oxygens (including phenoxy) is 8. The van der Waals surface area contributed by atoms with E-state index >= 15 is 0 Å². The molecule has 3 fully saturated rings. The quantitative estimate of drug-likeness (QED) is 0.304. The molecule has 0 radical (unpaired) electrons. The number of unbranched alkanes of at least 4 members (excludes halogenated alkanes) is 2. The zero-order valence-corrected chi connectivity index (χ0v) is 23.9. The Bertz CT molecular complexity index is 822. The normalized spacial score (nSPS) is 25.5. The fraction of sp³-hybridized carbons (Fsp3) is 0.862. The van der Waals surface area contributed by atoms with E-state index in [1.165, 1.54) is 0 Å². The lowest BCUT2D eigenvalue weighted by molar-refractivity contribution is -0.264. The summed E-state index contributed by atoms with van der Waals surface area (Å²) in [7, 11) is 0. The fourth-order valence-corrected chi connectivity index (χ4v) is 5.07. The Morgan fingerprint density at radius 3 is 2.00 bits per heavy atom. The minimum atomic E-state index is -0.832. The molecule has 0 N–H and O–H groups in total. The molecule has 0 aromatic heterocycles. The molecule has 0 bridgehead atoms. The van der Waals surface area contributed by atoms with Crippen LogP contribution in [0.4, 0.5) is 0 Å². The molecule has 0 saturated carbocycles. The Kier molecular flexibility index (Phi) is 12.2. The van der Waals surface area contributed by atoms with Crippen molar-refractivity contribution in [3.63, 3.8) is 0 Å². The number of rotatable bonds is 8. The van der Waals surface area contributed by atoms with Crippen LogP contribution in [-0.4, -0.2) is 80.5 Å². The van der Waals surface area contributed by atoms with Crippen molar-refractivity contribution < 1.29 is 47.5 Å². The van der Waals surface area contributed by atoms with Gasteiger partial charge in [-0.05, 0) is 40.5 Å². The number of carbonyl (C=O) groups is 2. The lowest BCUT2D eigenvalue weighted by Gasteiger charge is -2.43. The van der Waals surface area contributed by atoms with Crippen molar-refractivity contribution in [1.29, 1.82) is 0 Å². The van der Waals surface area contributed by atoms with Gasteiger partial charge >= 0.3 is 11.9 Å². The van der Waals surface area contributed by atoms with Gasteiger partial charge in [0.05, 0.1) is 45.2 Å².